The molecule has 0 radical (unpaired) electrons. The average molecular weight is 323 g/mol. The van der Waals surface area contributed by atoms with Gasteiger partial charge in [0.05, 0.1) is 12.2 Å². The summed E-state index contributed by atoms with van der Waals surface area (Å²) in [6.45, 7) is 11.2. The van der Waals surface area contributed by atoms with Gasteiger partial charge < -0.3 is 8.85 Å². The fourth-order valence-electron chi connectivity index (χ4n) is 3.97. The molecule has 0 spiro atoms. The molecule has 2 nitrogen and oxygen atoms in total. The first-order valence-electron chi connectivity index (χ1n) is 9.16. The Morgan fingerprint density at radius 2 is 1.59 bits per heavy atom. The van der Waals surface area contributed by atoms with E-state index in [2.05, 4.69) is 58.9 Å². The second kappa shape index (κ2) is 7.94. The Morgan fingerprint density at radius 3 is 2.14 bits per heavy atom. The van der Waals surface area contributed by atoms with Crippen molar-refractivity contribution in [3.63, 3.8) is 0 Å². The molecule has 126 valence electrons. The van der Waals surface area contributed by atoms with E-state index in [9.17, 15) is 0 Å². The van der Waals surface area contributed by atoms with Crippen LogP contribution < -0.4 is 0 Å². The lowest BCUT2D eigenvalue weighted by Gasteiger charge is -2.41. The number of allylic oxidation sites excluding steroid dienone is 1. The standard InChI is InChI=1S/C19H34O2Si/c1-6-10-18-13-14-19(17-11-8-7-9-12-17)21-22(20-18,15(2)3)16(4)5/h6,10,13-19H,7-9,11-12H2,1-5H3/b10-6+/t18-,19-/m1/s1. The van der Waals surface area contributed by atoms with Gasteiger partial charge in [-0.1, -0.05) is 71.3 Å². The van der Waals surface area contributed by atoms with E-state index in [1.807, 2.05) is 0 Å². The van der Waals surface area contributed by atoms with Crippen LogP contribution in [0.3, 0.4) is 0 Å². The van der Waals surface area contributed by atoms with Gasteiger partial charge >= 0.3 is 8.56 Å². The van der Waals surface area contributed by atoms with Gasteiger partial charge in [0.25, 0.3) is 0 Å². The number of rotatable bonds is 4. The minimum atomic E-state index is -2.25. The topological polar surface area (TPSA) is 18.5 Å². The first-order chi connectivity index (χ1) is 10.5. The van der Waals surface area contributed by atoms with Crippen molar-refractivity contribution in [3.8, 4) is 0 Å². The lowest BCUT2D eigenvalue weighted by atomic mass is 9.85. The third kappa shape index (κ3) is 3.93. The first-order valence-corrected chi connectivity index (χ1v) is 11.1. The van der Waals surface area contributed by atoms with Gasteiger partial charge in [-0.2, -0.15) is 0 Å². The van der Waals surface area contributed by atoms with Gasteiger partial charge in [0.1, 0.15) is 0 Å². The van der Waals surface area contributed by atoms with Crippen LogP contribution in [-0.2, 0) is 8.85 Å². The normalized spacial score (nSPS) is 30.3. The zero-order valence-corrected chi connectivity index (χ0v) is 16.0. The Morgan fingerprint density at radius 1 is 0.955 bits per heavy atom. The van der Waals surface area contributed by atoms with Gasteiger partial charge in [0.2, 0.25) is 0 Å². The highest BCUT2D eigenvalue weighted by Gasteiger charge is 2.49. The smallest absolute Gasteiger partial charge is 0.344 e. The molecule has 3 heteroatoms. The first kappa shape index (κ1) is 18.0. The minimum absolute atomic E-state index is 0.0788. The molecule has 0 bridgehead atoms. The molecule has 1 heterocycles. The van der Waals surface area contributed by atoms with Crippen molar-refractivity contribution in [3.05, 3.63) is 24.3 Å². The van der Waals surface area contributed by atoms with Gasteiger partial charge in [0.15, 0.2) is 0 Å². The second-order valence-corrected chi connectivity index (χ2v) is 11.7. The van der Waals surface area contributed by atoms with Gasteiger partial charge in [0, 0.05) is 0 Å². The molecule has 2 aliphatic rings. The van der Waals surface area contributed by atoms with E-state index < -0.39 is 8.56 Å². The van der Waals surface area contributed by atoms with Gasteiger partial charge in [-0.25, -0.2) is 0 Å². The molecule has 0 aromatic heterocycles. The van der Waals surface area contributed by atoms with E-state index in [1.165, 1.54) is 32.1 Å². The molecular formula is C19H34O2Si. The fourth-order valence-corrected chi connectivity index (χ4v) is 7.73. The Bertz CT molecular complexity index is 386. The molecule has 0 saturated heterocycles. The number of hydrogen-bond acceptors (Lipinski definition) is 2. The molecule has 0 N–H and O–H groups in total. The van der Waals surface area contributed by atoms with Crippen LogP contribution in [0.15, 0.2) is 24.3 Å². The largest absolute Gasteiger partial charge is 0.387 e. The van der Waals surface area contributed by atoms with Crippen LogP contribution in [0.25, 0.3) is 0 Å². The van der Waals surface area contributed by atoms with Crippen molar-refractivity contribution < 1.29 is 8.85 Å². The molecule has 1 fully saturated rings. The lowest BCUT2D eigenvalue weighted by molar-refractivity contribution is 0.0813. The van der Waals surface area contributed by atoms with E-state index in [0.717, 1.165) is 0 Å². The van der Waals surface area contributed by atoms with E-state index >= 15 is 0 Å². The summed E-state index contributed by atoms with van der Waals surface area (Å²) >= 11 is 0. The van der Waals surface area contributed by atoms with E-state index in [1.54, 1.807) is 0 Å². The molecule has 22 heavy (non-hydrogen) atoms. The summed E-state index contributed by atoms with van der Waals surface area (Å²) in [5, 5.41) is 0. The summed E-state index contributed by atoms with van der Waals surface area (Å²) in [5.74, 6) is 0.683. The minimum Gasteiger partial charge on any atom is -0.387 e. The van der Waals surface area contributed by atoms with Crippen LogP contribution in [0.2, 0.25) is 11.1 Å². The van der Waals surface area contributed by atoms with Crippen molar-refractivity contribution in [2.75, 3.05) is 0 Å². The van der Waals surface area contributed by atoms with E-state index in [-0.39, 0.29) is 12.2 Å². The summed E-state index contributed by atoms with van der Waals surface area (Å²) in [4.78, 5) is 0. The SMILES string of the molecule is C/C=C/[C@@H]1C=C[C@H](C2CCCCC2)O[Si](C(C)C)(C(C)C)O1. The molecule has 1 saturated carbocycles. The highest BCUT2D eigenvalue weighted by atomic mass is 28.4. The average Bonchev–Trinajstić information content (AvgIpc) is 2.69. The van der Waals surface area contributed by atoms with Crippen LogP contribution in [0, 0.1) is 5.92 Å². The third-order valence-electron chi connectivity index (χ3n) is 5.24. The molecular weight excluding hydrogens is 288 g/mol. The van der Waals surface area contributed by atoms with Crippen molar-refractivity contribution >= 4 is 8.56 Å². The Labute approximate surface area is 138 Å². The number of hydrogen-bond donors (Lipinski definition) is 0. The van der Waals surface area contributed by atoms with Crippen molar-refractivity contribution in [2.45, 2.75) is 90.0 Å². The molecule has 2 rings (SSSR count). The predicted octanol–water partition coefficient (Wildman–Crippen LogP) is 5.75. The van der Waals surface area contributed by atoms with Gasteiger partial charge in [-0.15, -0.1) is 0 Å². The maximum Gasteiger partial charge on any atom is 0.344 e. The highest BCUT2D eigenvalue weighted by molar-refractivity contribution is 6.70. The summed E-state index contributed by atoms with van der Waals surface area (Å²) < 4.78 is 13.5. The Hall–Kier alpha value is -0.383. The van der Waals surface area contributed by atoms with Crippen LogP contribution >= 0.6 is 0 Å². The molecule has 0 aromatic rings. The molecule has 0 unspecified atom stereocenters. The quantitative estimate of drug-likeness (QED) is 0.485. The van der Waals surface area contributed by atoms with E-state index in [0.29, 0.717) is 17.0 Å². The summed E-state index contributed by atoms with van der Waals surface area (Å²) in [7, 11) is -2.25. The molecule has 1 aliphatic carbocycles. The Balaban J connectivity index is 2.29. The molecule has 0 aromatic carbocycles. The van der Waals surface area contributed by atoms with Crippen LogP contribution in [0.1, 0.15) is 66.7 Å². The summed E-state index contributed by atoms with van der Waals surface area (Å²) in [6, 6.07) is 0. The van der Waals surface area contributed by atoms with Crippen LogP contribution in [0.4, 0.5) is 0 Å². The maximum absolute atomic E-state index is 6.83. The third-order valence-corrected chi connectivity index (χ3v) is 9.74. The highest BCUT2D eigenvalue weighted by Crippen LogP contribution is 2.41. The lowest BCUT2D eigenvalue weighted by Crippen LogP contribution is -2.52. The fraction of sp³-hybridized carbons (Fsp3) is 0.789. The molecule has 1 aliphatic heterocycles. The second-order valence-electron chi connectivity index (χ2n) is 7.50. The van der Waals surface area contributed by atoms with Gasteiger partial charge in [-0.05, 0) is 36.8 Å². The van der Waals surface area contributed by atoms with Crippen molar-refractivity contribution in [1.82, 2.24) is 0 Å². The monoisotopic (exact) mass is 322 g/mol. The van der Waals surface area contributed by atoms with Gasteiger partial charge in [-0.3, -0.25) is 0 Å². The summed E-state index contributed by atoms with van der Waals surface area (Å²) in [5.41, 5.74) is 0.928. The molecule has 2 atom stereocenters. The van der Waals surface area contributed by atoms with Crippen molar-refractivity contribution in [1.29, 1.82) is 0 Å². The van der Waals surface area contributed by atoms with Crippen molar-refractivity contribution in [2.24, 2.45) is 5.92 Å². The molecule has 0 amide bonds. The summed E-state index contributed by atoms with van der Waals surface area (Å²) in [6.07, 6.45) is 15.9. The Kier molecular flexibility index (Phi) is 6.48. The van der Waals surface area contributed by atoms with Crippen LogP contribution in [-0.4, -0.2) is 20.8 Å². The van der Waals surface area contributed by atoms with Crippen LogP contribution in [0.5, 0.6) is 0 Å². The predicted molar refractivity (Wildman–Crippen MR) is 96.2 cm³/mol. The zero-order chi connectivity index (χ0) is 16.2. The van der Waals surface area contributed by atoms with E-state index in [4.69, 9.17) is 8.85 Å². The zero-order valence-electron chi connectivity index (χ0n) is 15.0. The maximum atomic E-state index is 6.83.